The highest BCUT2D eigenvalue weighted by Crippen LogP contribution is 2.21. The number of carbonyl (C=O) groups is 2. The number of carboxylic acid groups (broad SMARTS) is 1. The number of fused-ring (bicyclic) bond motifs is 1. The minimum absolute atomic E-state index is 0.0572. The molecule has 0 saturated heterocycles. The van der Waals surface area contributed by atoms with Gasteiger partial charge in [0.25, 0.3) is 5.91 Å². The van der Waals surface area contributed by atoms with Gasteiger partial charge in [0.1, 0.15) is 5.69 Å². The van der Waals surface area contributed by atoms with Gasteiger partial charge in [0.15, 0.2) is 0 Å². The van der Waals surface area contributed by atoms with E-state index >= 15 is 0 Å². The van der Waals surface area contributed by atoms with Crippen LogP contribution in [0.2, 0.25) is 0 Å². The molecule has 0 bridgehead atoms. The van der Waals surface area contributed by atoms with Crippen LogP contribution in [0.3, 0.4) is 0 Å². The molecule has 1 heterocycles. The molecule has 0 saturated carbocycles. The van der Waals surface area contributed by atoms with Gasteiger partial charge >= 0.3 is 5.97 Å². The lowest BCUT2D eigenvalue weighted by Crippen LogP contribution is -2.35. The number of aromatic nitrogens is 2. The fourth-order valence-corrected chi connectivity index (χ4v) is 3.11. The molecule has 6 heteroatoms. The zero-order chi connectivity index (χ0) is 18.7. The second-order valence-electron chi connectivity index (χ2n) is 6.38. The minimum Gasteiger partial charge on any atom is -0.481 e. The van der Waals surface area contributed by atoms with E-state index in [4.69, 9.17) is 0 Å². The van der Waals surface area contributed by atoms with E-state index in [0.717, 1.165) is 22.0 Å². The Morgan fingerprint density at radius 2 is 1.92 bits per heavy atom. The number of nitrogens with zero attached hydrogens (tertiary/aromatic N) is 2. The number of aliphatic carboxylic acids is 1. The van der Waals surface area contributed by atoms with E-state index in [1.165, 1.54) is 4.68 Å². The van der Waals surface area contributed by atoms with Crippen LogP contribution in [0.15, 0.2) is 48.5 Å². The molecule has 1 unspecified atom stereocenters. The van der Waals surface area contributed by atoms with Crippen LogP contribution in [0, 0.1) is 12.8 Å². The highest BCUT2D eigenvalue weighted by molar-refractivity contribution is 5.93. The Bertz CT molecular complexity index is 957. The minimum atomic E-state index is -0.931. The summed E-state index contributed by atoms with van der Waals surface area (Å²) in [6, 6.07) is 15.4. The van der Waals surface area contributed by atoms with Crippen LogP contribution in [0.1, 0.15) is 21.7 Å². The van der Waals surface area contributed by atoms with Gasteiger partial charge in [-0.05, 0) is 35.7 Å². The normalized spacial score (nSPS) is 12.1. The van der Waals surface area contributed by atoms with Gasteiger partial charge in [-0.1, -0.05) is 42.5 Å². The average Bonchev–Trinajstić information content (AvgIpc) is 2.96. The van der Waals surface area contributed by atoms with Crippen molar-refractivity contribution in [2.45, 2.75) is 13.3 Å². The number of carbonyl (C=O) groups excluding carboxylic acids is 1. The van der Waals surface area contributed by atoms with Crippen molar-refractivity contribution in [2.24, 2.45) is 13.0 Å². The third-order valence-electron chi connectivity index (χ3n) is 4.44. The fraction of sp³-hybridized carbons (Fsp3) is 0.250. The summed E-state index contributed by atoms with van der Waals surface area (Å²) in [5.41, 5.74) is 2.11. The third-order valence-corrected chi connectivity index (χ3v) is 4.44. The van der Waals surface area contributed by atoms with E-state index in [9.17, 15) is 14.7 Å². The first-order chi connectivity index (χ1) is 12.5. The molecule has 1 aromatic heterocycles. The Labute approximate surface area is 151 Å². The van der Waals surface area contributed by atoms with Crippen molar-refractivity contribution in [3.8, 4) is 0 Å². The van der Waals surface area contributed by atoms with Crippen molar-refractivity contribution in [3.63, 3.8) is 0 Å². The number of rotatable bonds is 6. The highest BCUT2D eigenvalue weighted by atomic mass is 16.4. The summed E-state index contributed by atoms with van der Waals surface area (Å²) in [5, 5.41) is 18.5. The number of aryl methyl sites for hydroxylation is 2. The molecule has 3 aromatic rings. The number of hydrogen-bond donors (Lipinski definition) is 2. The van der Waals surface area contributed by atoms with E-state index < -0.39 is 11.9 Å². The molecule has 1 amide bonds. The number of carboxylic acids is 1. The molecule has 2 N–H and O–H groups in total. The molecule has 2 aromatic carbocycles. The molecule has 26 heavy (non-hydrogen) atoms. The fourth-order valence-electron chi connectivity index (χ4n) is 3.11. The van der Waals surface area contributed by atoms with Crippen molar-refractivity contribution in [1.82, 2.24) is 15.1 Å². The molecule has 6 nitrogen and oxygen atoms in total. The van der Waals surface area contributed by atoms with Crippen LogP contribution in [0.5, 0.6) is 0 Å². The maximum Gasteiger partial charge on any atom is 0.308 e. The molecule has 0 aliphatic rings. The summed E-state index contributed by atoms with van der Waals surface area (Å²) in [7, 11) is 1.69. The van der Waals surface area contributed by atoms with Gasteiger partial charge in [-0.3, -0.25) is 14.3 Å². The Morgan fingerprint density at radius 3 is 2.62 bits per heavy atom. The van der Waals surface area contributed by atoms with Gasteiger partial charge in [-0.25, -0.2) is 0 Å². The van der Waals surface area contributed by atoms with E-state index in [1.807, 2.05) is 42.5 Å². The van der Waals surface area contributed by atoms with E-state index in [2.05, 4.69) is 10.4 Å². The van der Waals surface area contributed by atoms with Crippen LogP contribution in [-0.4, -0.2) is 33.3 Å². The first kappa shape index (κ1) is 17.7. The predicted molar refractivity (Wildman–Crippen MR) is 99.1 cm³/mol. The molecule has 0 aliphatic carbocycles. The molecule has 0 radical (unpaired) electrons. The van der Waals surface area contributed by atoms with Crippen molar-refractivity contribution in [2.75, 3.05) is 6.54 Å². The van der Waals surface area contributed by atoms with Gasteiger partial charge < -0.3 is 10.4 Å². The molecule has 0 spiro atoms. The maximum absolute atomic E-state index is 12.3. The molecular weight excluding hydrogens is 330 g/mol. The maximum atomic E-state index is 12.3. The van der Waals surface area contributed by atoms with E-state index in [1.54, 1.807) is 20.0 Å². The molecule has 134 valence electrons. The predicted octanol–water partition coefficient (Wildman–Crippen LogP) is 2.56. The van der Waals surface area contributed by atoms with Crippen molar-refractivity contribution < 1.29 is 14.7 Å². The molecular formula is C20H21N3O3. The number of nitrogens with one attached hydrogen (secondary N) is 1. The zero-order valence-electron chi connectivity index (χ0n) is 14.8. The Balaban J connectivity index is 1.74. The Hall–Kier alpha value is -3.15. The number of amides is 1. The van der Waals surface area contributed by atoms with Crippen LogP contribution in [0.4, 0.5) is 0 Å². The number of hydrogen-bond acceptors (Lipinski definition) is 3. The number of benzene rings is 2. The molecule has 1 atom stereocenters. The monoisotopic (exact) mass is 351 g/mol. The third kappa shape index (κ3) is 3.74. The first-order valence-corrected chi connectivity index (χ1v) is 8.44. The summed E-state index contributed by atoms with van der Waals surface area (Å²) in [5.74, 6) is -1.96. The molecule has 3 rings (SSSR count). The lowest BCUT2D eigenvalue weighted by atomic mass is 9.95. The lowest BCUT2D eigenvalue weighted by molar-refractivity contribution is -0.141. The van der Waals surface area contributed by atoms with Crippen molar-refractivity contribution in [1.29, 1.82) is 0 Å². The summed E-state index contributed by atoms with van der Waals surface area (Å²) < 4.78 is 1.49. The van der Waals surface area contributed by atoms with Gasteiger partial charge in [0.05, 0.1) is 11.6 Å². The van der Waals surface area contributed by atoms with Crippen LogP contribution < -0.4 is 5.32 Å². The summed E-state index contributed by atoms with van der Waals surface area (Å²) in [6.45, 7) is 1.86. The summed E-state index contributed by atoms with van der Waals surface area (Å²) in [4.78, 5) is 24.0. The van der Waals surface area contributed by atoms with Crippen molar-refractivity contribution in [3.05, 3.63) is 65.5 Å². The lowest BCUT2D eigenvalue weighted by Gasteiger charge is -2.15. The van der Waals surface area contributed by atoms with E-state index in [-0.39, 0.29) is 12.5 Å². The SMILES string of the molecule is Cc1cc(C(=O)NCC(Cc2cccc3ccccc23)C(=O)O)n(C)n1. The second kappa shape index (κ2) is 7.39. The molecule has 0 fully saturated rings. The Morgan fingerprint density at radius 1 is 1.19 bits per heavy atom. The van der Waals surface area contributed by atoms with Gasteiger partial charge in [0.2, 0.25) is 0 Å². The second-order valence-corrected chi connectivity index (χ2v) is 6.38. The van der Waals surface area contributed by atoms with Crippen LogP contribution >= 0.6 is 0 Å². The van der Waals surface area contributed by atoms with Crippen molar-refractivity contribution >= 4 is 22.6 Å². The van der Waals surface area contributed by atoms with Gasteiger partial charge in [-0.2, -0.15) is 5.10 Å². The standard InChI is InChI=1S/C20H21N3O3/c1-13-10-18(23(2)22-13)19(24)21-12-16(20(25)26)11-15-8-5-7-14-6-3-4-9-17(14)15/h3-10,16H,11-12H2,1-2H3,(H,21,24)(H,25,26). The zero-order valence-corrected chi connectivity index (χ0v) is 14.8. The first-order valence-electron chi connectivity index (χ1n) is 8.44. The highest BCUT2D eigenvalue weighted by Gasteiger charge is 2.21. The molecule has 0 aliphatic heterocycles. The van der Waals surface area contributed by atoms with Gasteiger partial charge in [-0.15, -0.1) is 0 Å². The summed E-state index contributed by atoms with van der Waals surface area (Å²) >= 11 is 0. The van der Waals surface area contributed by atoms with E-state index in [0.29, 0.717) is 12.1 Å². The van der Waals surface area contributed by atoms with Crippen LogP contribution in [0.25, 0.3) is 10.8 Å². The van der Waals surface area contributed by atoms with Crippen LogP contribution in [-0.2, 0) is 18.3 Å². The quantitative estimate of drug-likeness (QED) is 0.715. The topological polar surface area (TPSA) is 84.2 Å². The van der Waals surface area contributed by atoms with Gasteiger partial charge in [0, 0.05) is 13.6 Å². The largest absolute Gasteiger partial charge is 0.481 e. The summed E-state index contributed by atoms with van der Waals surface area (Å²) in [6.07, 6.45) is 0.349. The average molecular weight is 351 g/mol. The Kier molecular flexibility index (Phi) is 5.02. The smallest absolute Gasteiger partial charge is 0.308 e.